The molecule has 23 heavy (non-hydrogen) atoms. The fourth-order valence-electron chi connectivity index (χ4n) is 2.20. The monoisotopic (exact) mass is 388 g/mol. The number of nitrogens with zero attached hydrogens (tertiary/aromatic N) is 1. The Morgan fingerprint density at radius 1 is 1.22 bits per heavy atom. The van der Waals surface area contributed by atoms with Crippen LogP contribution < -0.4 is 4.90 Å². The zero-order chi connectivity index (χ0) is 16.6. The van der Waals surface area contributed by atoms with Gasteiger partial charge in [0.05, 0.1) is 10.6 Å². The Kier molecular flexibility index (Phi) is 4.28. The molecule has 0 spiro atoms. The first kappa shape index (κ1) is 15.8. The first-order valence-electron chi connectivity index (χ1n) is 6.83. The van der Waals surface area contributed by atoms with Crippen LogP contribution in [0.2, 0.25) is 0 Å². The summed E-state index contributed by atoms with van der Waals surface area (Å²) in [5.41, 5.74) is 2.29. The SMILES string of the molecule is Cc1ccc(N2C(=N)S/C(=C\c3cc(Br)ccc3O)C2=O)cc1. The van der Waals surface area contributed by atoms with E-state index in [9.17, 15) is 9.90 Å². The van der Waals surface area contributed by atoms with Crippen LogP contribution in [0.5, 0.6) is 5.75 Å². The van der Waals surface area contributed by atoms with Gasteiger partial charge in [-0.3, -0.25) is 15.1 Å². The number of phenols is 1. The van der Waals surface area contributed by atoms with E-state index in [2.05, 4.69) is 15.9 Å². The number of benzene rings is 2. The number of anilines is 1. The van der Waals surface area contributed by atoms with E-state index < -0.39 is 0 Å². The average Bonchev–Trinajstić information content (AvgIpc) is 2.79. The Labute approximate surface area is 146 Å². The van der Waals surface area contributed by atoms with Gasteiger partial charge in [0.15, 0.2) is 5.17 Å². The van der Waals surface area contributed by atoms with Gasteiger partial charge in [-0.1, -0.05) is 33.6 Å². The van der Waals surface area contributed by atoms with Crippen LogP contribution in [0.15, 0.2) is 51.8 Å². The molecule has 2 aromatic carbocycles. The molecule has 0 unspecified atom stereocenters. The van der Waals surface area contributed by atoms with Crippen molar-refractivity contribution < 1.29 is 9.90 Å². The summed E-state index contributed by atoms with van der Waals surface area (Å²) in [6, 6.07) is 12.5. The van der Waals surface area contributed by atoms with E-state index in [1.165, 1.54) is 4.90 Å². The standard InChI is InChI=1S/C17H13BrN2O2S/c1-10-2-5-13(6-3-10)20-16(22)15(23-17(20)19)9-11-8-12(18)4-7-14(11)21/h2-9,19,21H,1H3/b15-9-,19-17?. The van der Waals surface area contributed by atoms with Crippen molar-refractivity contribution in [2.75, 3.05) is 4.90 Å². The van der Waals surface area contributed by atoms with Crippen molar-refractivity contribution in [1.82, 2.24) is 0 Å². The third-order valence-corrected chi connectivity index (χ3v) is 4.77. The number of amidine groups is 1. The van der Waals surface area contributed by atoms with Gasteiger partial charge in [0.25, 0.3) is 5.91 Å². The van der Waals surface area contributed by atoms with E-state index in [4.69, 9.17) is 5.41 Å². The molecular formula is C17H13BrN2O2S. The van der Waals surface area contributed by atoms with Crippen molar-refractivity contribution in [3.8, 4) is 5.75 Å². The van der Waals surface area contributed by atoms with Gasteiger partial charge in [0, 0.05) is 10.0 Å². The molecule has 1 aliphatic rings. The second-order valence-corrected chi connectivity index (χ2v) is 7.04. The van der Waals surface area contributed by atoms with E-state index in [-0.39, 0.29) is 16.8 Å². The van der Waals surface area contributed by atoms with Gasteiger partial charge in [-0.2, -0.15) is 0 Å². The number of carbonyl (C=O) groups excluding carboxylic acids is 1. The van der Waals surface area contributed by atoms with Gasteiger partial charge < -0.3 is 5.11 Å². The van der Waals surface area contributed by atoms with Crippen molar-refractivity contribution in [3.63, 3.8) is 0 Å². The summed E-state index contributed by atoms with van der Waals surface area (Å²) in [7, 11) is 0. The van der Waals surface area contributed by atoms with Gasteiger partial charge in [-0.25, -0.2) is 0 Å². The highest BCUT2D eigenvalue weighted by atomic mass is 79.9. The number of rotatable bonds is 2. The molecule has 2 N–H and O–H groups in total. The molecule has 1 aliphatic heterocycles. The molecule has 1 amide bonds. The lowest BCUT2D eigenvalue weighted by molar-refractivity contribution is -0.113. The Bertz CT molecular complexity index is 831. The molecule has 0 atom stereocenters. The smallest absolute Gasteiger partial charge is 0.271 e. The van der Waals surface area contributed by atoms with Crippen molar-refractivity contribution in [2.45, 2.75) is 6.92 Å². The highest BCUT2D eigenvalue weighted by Gasteiger charge is 2.33. The van der Waals surface area contributed by atoms with E-state index in [0.29, 0.717) is 16.2 Å². The number of hydrogen-bond donors (Lipinski definition) is 2. The van der Waals surface area contributed by atoms with Gasteiger partial charge >= 0.3 is 0 Å². The third kappa shape index (κ3) is 3.18. The lowest BCUT2D eigenvalue weighted by Gasteiger charge is -2.14. The van der Waals surface area contributed by atoms with Crippen LogP contribution in [-0.4, -0.2) is 16.2 Å². The van der Waals surface area contributed by atoms with Crippen molar-refractivity contribution in [1.29, 1.82) is 5.41 Å². The highest BCUT2D eigenvalue weighted by molar-refractivity contribution is 9.10. The number of halogens is 1. The largest absolute Gasteiger partial charge is 0.507 e. The second kappa shape index (κ2) is 6.22. The molecule has 3 rings (SSSR count). The average molecular weight is 389 g/mol. The minimum atomic E-state index is -0.261. The molecular weight excluding hydrogens is 376 g/mol. The molecule has 0 aliphatic carbocycles. The van der Waals surface area contributed by atoms with Gasteiger partial charge in [-0.15, -0.1) is 0 Å². The maximum atomic E-state index is 12.6. The normalized spacial score (nSPS) is 16.4. The van der Waals surface area contributed by atoms with Crippen molar-refractivity contribution >= 4 is 50.5 Å². The van der Waals surface area contributed by atoms with Crippen LogP contribution >= 0.6 is 27.7 Å². The summed E-state index contributed by atoms with van der Waals surface area (Å²) in [4.78, 5) is 14.4. The van der Waals surface area contributed by atoms with Gasteiger partial charge in [-0.05, 0) is 55.1 Å². The van der Waals surface area contributed by atoms with Crippen LogP contribution in [-0.2, 0) is 4.79 Å². The van der Waals surface area contributed by atoms with E-state index >= 15 is 0 Å². The van der Waals surface area contributed by atoms with Crippen LogP contribution in [0.25, 0.3) is 6.08 Å². The predicted octanol–water partition coefficient (Wildman–Crippen LogP) is 4.52. The van der Waals surface area contributed by atoms with Crippen LogP contribution in [0.3, 0.4) is 0 Å². The molecule has 4 nitrogen and oxygen atoms in total. The summed E-state index contributed by atoms with van der Waals surface area (Å²) in [5, 5.41) is 18.1. The summed E-state index contributed by atoms with van der Waals surface area (Å²) in [5.74, 6) is -0.169. The minimum Gasteiger partial charge on any atom is -0.507 e. The maximum Gasteiger partial charge on any atom is 0.271 e. The Morgan fingerprint density at radius 2 is 1.91 bits per heavy atom. The fourth-order valence-corrected chi connectivity index (χ4v) is 3.43. The molecule has 1 heterocycles. The number of carbonyl (C=O) groups is 1. The lowest BCUT2D eigenvalue weighted by Crippen LogP contribution is -2.28. The van der Waals surface area contributed by atoms with E-state index in [1.807, 2.05) is 31.2 Å². The molecule has 1 saturated heterocycles. The number of amides is 1. The second-order valence-electron chi connectivity index (χ2n) is 5.10. The van der Waals surface area contributed by atoms with Gasteiger partial charge in [0.2, 0.25) is 0 Å². The fraction of sp³-hybridized carbons (Fsp3) is 0.0588. The third-order valence-electron chi connectivity index (χ3n) is 3.39. The van der Waals surface area contributed by atoms with Crippen molar-refractivity contribution in [3.05, 3.63) is 63.0 Å². The molecule has 2 aromatic rings. The zero-order valence-electron chi connectivity index (χ0n) is 12.2. The Hall–Kier alpha value is -2.05. The quantitative estimate of drug-likeness (QED) is 0.743. The summed E-state index contributed by atoms with van der Waals surface area (Å²) in [6.07, 6.45) is 1.61. The molecule has 6 heteroatoms. The molecule has 0 radical (unpaired) electrons. The zero-order valence-corrected chi connectivity index (χ0v) is 14.6. The van der Waals surface area contributed by atoms with E-state index in [0.717, 1.165) is 21.8 Å². The van der Waals surface area contributed by atoms with E-state index in [1.54, 1.807) is 24.3 Å². The number of aromatic hydroxyl groups is 1. The number of thioether (sulfide) groups is 1. The van der Waals surface area contributed by atoms with Crippen LogP contribution in [0.4, 0.5) is 5.69 Å². The topological polar surface area (TPSA) is 64.4 Å². The lowest BCUT2D eigenvalue weighted by atomic mass is 10.2. The number of phenolic OH excluding ortho intramolecular Hbond substituents is 1. The highest BCUT2D eigenvalue weighted by Crippen LogP contribution is 2.36. The molecule has 0 aromatic heterocycles. The summed E-state index contributed by atoms with van der Waals surface area (Å²) < 4.78 is 0.808. The van der Waals surface area contributed by atoms with Crippen molar-refractivity contribution in [2.24, 2.45) is 0 Å². The summed E-state index contributed by atoms with van der Waals surface area (Å²) >= 11 is 4.43. The Morgan fingerprint density at radius 3 is 2.61 bits per heavy atom. The number of nitrogens with one attached hydrogen (secondary N) is 1. The first-order valence-corrected chi connectivity index (χ1v) is 8.44. The number of aryl methyl sites for hydroxylation is 1. The van der Waals surface area contributed by atoms with Crippen LogP contribution in [0.1, 0.15) is 11.1 Å². The summed E-state index contributed by atoms with van der Waals surface area (Å²) in [6.45, 7) is 1.97. The van der Waals surface area contributed by atoms with Crippen LogP contribution in [0, 0.1) is 12.3 Å². The molecule has 1 fully saturated rings. The maximum absolute atomic E-state index is 12.6. The Balaban J connectivity index is 1.96. The van der Waals surface area contributed by atoms with Gasteiger partial charge in [0.1, 0.15) is 5.75 Å². The molecule has 0 bridgehead atoms. The first-order chi connectivity index (χ1) is 11.0. The molecule has 116 valence electrons. The predicted molar refractivity (Wildman–Crippen MR) is 97.8 cm³/mol. The molecule has 0 saturated carbocycles. The minimum absolute atomic E-state index is 0.0921. The number of hydrogen-bond acceptors (Lipinski definition) is 4.